The van der Waals surface area contributed by atoms with Crippen molar-refractivity contribution in [2.75, 3.05) is 5.73 Å². The number of carboxylic acids is 1. The summed E-state index contributed by atoms with van der Waals surface area (Å²) in [5, 5.41) is 9.46. The molecule has 3 N–H and O–H groups in total. The van der Waals surface area contributed by atoms with Crippen molar-refractivity contribution >= 4 is 50.8 Å². The van der Waals surface area contributed by atoms with Gasteiger partial charge in [0.2, 0.25) is 0 Å². The summed E-state index contributed by atoms with van der Waals surface area (Å²) in [7, 11) is 0. The number of ether oxygens (including phenoxy) is 1. The minimum atomic E-state index is -1.29. The van der Waals surface area contributed by atoms with Crippen molar-refractivity contribution in [3.05, 3.63) is 50.2 Å². The van der Waals surface area contributed by atoms with Crippen LogP contribution in [0.5, 0.6) is 11.5 Å². The Morgan fingerprint density at radius 3 is 2.48 bits per heavy atom. The minimum absolute atomic E-state index is 0.0878. The van der Waals surface area contributed by atoms with Crippen molar-refractivity contribution in [2.24, 2.45) is 0 Å². The van der Waals surface area contributed by atoms with Crippen molar-refractivity contribution in [2.45, 2.75) is 0 Å². The standard InChI is InChI=1S/C13H7BrCl2FNO3/c14-6-2-8(16)11(3-7(6)15)21-12-1-5(13(19)20)10(18)4-9(12)17/h1-4H,18H2,(H,19,20). The Hall–Kier alpha value is -1.50. The molecule has 0 atom stereocenters. The number of rotatable bonds is 3. The summed E-state index contributed by atoms with van der Waals surface area (Å²) in [6.45, 7) is 0. The third-order valence-electron chi connectivity index (χ3n) is 2.53. The summed E-state index contributed by atoms with van der Waals surface area (Å²) in [4.78, 5) is 11.0. The maximum absolute atomic E-state index is 13.8. The second-order valence-electron chi connectivity index (χ2n) is 3.97. The predicted molar refractivity (Wildman–Crippen MR) is 82.0 cm³/mol. The number of carboxylic acid groups (broad SMARTS) is 1. The number of nitrogens with two attached hydrogens (primary N) is 1. The number of anilines is 1. The van der Waals surface area contributed by atoms with Crippen LogP contribution in [0.1, 0.15) is 10.4 Å². The second kappa shape index (κ2) is 6.09. The van der Waals surface area contributed by atoms with Crippen LogP contribution in [0.3, 0.4) is 0 Å². The van der Waals surface area contributed by atoms with E-state index in [4.69, 9.17) is 38.8 Å². The van der Waals surface area contributed by atoms with Crippen LogP contribution in [0.25, 0.3) is 0 Å². The van der Waals surface area contributed by atoms with E-state index in [1.54, 1.807) is 0 Å². The zero-order valence-electron chi connectivity index (χ0n) is 10.2. The number of nitrogen functional groups attached to an aromatic ring is 1. The number of hydrogen-bond acceptors (Lipinski definition) is 3. The van der Waals surface area contributed by atoms with E-state index in [0.29, 0.717) is 9.50 Å². The number of halogens is 4. The Balaban J connectivity index is 2.47. The van der Waals surface area contributed by atoms with E-state index in [-0.39, 0.29) is 27.8 Å². The largest absolute Gasteiger partial charge is 0.478 e. The summed E-state index contributed by atoms with van der Waals surface area (Å²) < 4.78 is 19.6. The average Bonchev–Trinajstić information content (AvgIpc) is 2.38. The molecule has 0 amide bonds. The van der Waals surface area contributed by atoms with E-state index in [2.05, 4.69) is 15.9 Å². The predicted octanol–water partition coefficient (Wildman–Crippen LogP) is 4.97. The summed E-state index contributed by atoms with van der Waals surface area (Å²) >= 11 is 15.0. The first-order valence-electron chi connectivity index (χ1n) is 5.44. The molecule has 2 aromatic carbocycles. The zero-order chi connectivity index (χ0) is 15.7. The van der Waals surface area contributed by atoms with Gasteiger partial charge in [0, 0.05) is 28.4 Å². The van der Waals surface area contributed by atoms with Crippen LogP contribution in [-0.2, 0) is 0 Å². The van der Waals surface area contributed by atoms with Crippen molar-refractivity contribution in [1.29, 1.82) is 0 Å². The van der Waals surface area contributed by atoms with E-state index in [1.165, 1.54) is 12.1 Å². The van der Waals surface area contributed by atoms with Crippen molar-refractivity contribution in [3.63, 3.8) is 0 Å². The van der Waals surface area contributed by atoms with E-state index in [0.717, 1.165) is 12.1 Å². The average molecular weight is 395 g/mol. The molecule has 0 saturated carbocycles. The summed E-state index contributed by atoms with van der Waals surface area (Å²) in [5.74, 6) is -2.34. The summed E-state index contributed by atoms with van der Waals surface area (Å²) in [6, 6.07) is 4.71. The molecular formula is C13H7BrCl2FNO3. The molecule has 0 radical (unpaired) electrons. The molecule has 21 heavy (non-hydrogen) atoms. The molecular weight excluding hydrogens is 388 g/mol. The molecule has 110 valence electrons. The molecule has 0 aromatic heterocycles. The van der Waals surface area contributed by atoms with Gasteiger partial charge in [-0.1, -0.05) is 23.2 Å². The third kappa shape index (κ3) is 3.40. The molecule has 0 saturated heterocycles. The minimum Gasteiger partial charge on any atom is -0.478 e. The highest BCUT2D eigenvalue weighted by Gasteiger charge is 2.16. The van der Waals surface area contributed by atoms with Gasteiger partial charge < -0.3 is 15.6 Å². The van der Waals surface area contributed by atoms with Gasteiger partial charge in [-0.05, 0) is 22.0 Å². The quantitative estimate of drug-likeness (QED) is 0.569. The van der Waals surface area contributed by atoms with Crippen LogP contribution >= 0.6 is 39.1 Å². The van der Waals surface area contributed by atoms with Crippen LogP contribution < -0.4 is 10.5 Å². The lowest BCUT2D eigenvalue weighted by molar-refractivity contribution is 0.0697. The number of aromatic carboxylic acids is 1. The fourth-order valence-corrected chi connectivity index (χ4v) is 2.36. The van der Waals surface area contributed by atoms with Gasteiger partial charge in [-0.15, -0.1) is 0 Å². The smallest absolute Gasteiger partial charge is 0.337 e. The molecule has 0 aliphatic rings. The Bertz CT molecular complexity index is 740. The maximum Gasteiger partial charge on any atom is 0.337 e. The molecule has 0 aliphatic heterocycles. The molecule has 0 heterocycles. The maximum atomic E-state index is 13.8. The van der Waals surface area contributed by atoms with Crippen molar-refractivity contribution in [1.82, 2.24) is 0 Å². The summed E-state index contributed by atoms with van der Waals surface area (Å²) in [6.07, 6.45) is 0. The molecule has 0 fully saturated rings. The van der Waals surface area contributed by atoms with Gasteiger partial charge in [-0.3, -0.25) is 0 Å². The fourth-order valence-electron chi connectivity index (χ4n) is 1.53. The Morgan fingerprint density at radius 1 is 1.19 bits per heavy atom. The third-order valence-corrected chi connectivity index (χ3v) is 4.02. The van der Waals surface area contributed by atoms with E-state index in [9.17, 15) is 9.18 Å². The van der Waals surface area contributed by atoms with Gasteiger partial charge in [0.1, 0.15) is 5.75 Å². The van der Waals surface area contributed by atoms with Gasteiger partial charge in [0.25, 0.3) is 0 Å². The van der Waals surface area contributed by atoms with Crippen LogP contribution in [-0.4, -0.2) is 11.1 Å². The first-order chi connectivity index (χ1) is 9.79. The Labute approximate surface area is 137 Å². The molecule has 4 nitrogen and oxygen atoms in total. The zero-order valence-corrected chi connectivity index (χ0v) is 13.3. The van der Waals surface area contributed by atoms with E-state index in [1.807, 2.05) is 0 Å². The lowest BCUT2D eigenvalue weighted by Crippen LogP contribution is -2.04. The van der Waals surface area contributed by atoms with E-state index < -0.39 is 11.8 Å². The van der Waals surface area contributed by atoms with Gasteiger partial charge >= 0.3 is 5.97 Å². The molecule has 0 aliphatic carbocycles. The fraction of sp³-hybridized carbons (Fsp3) is 0. The molecule has 2 aromatic rings. The highest BCUT2D eigenvalue weighted by molar-refractivity contribution is 9.10. The van der Waals surface area contributed by atoms with Crippen LogP contribution in [0.2, 0.25) is 10.0 Å². The van der Waals surface area contributed by atoms with Gasteiger partial charge in [-0.25, -0.2) is 9.18 Å². The van der Waals surface area contributed by atoms with E-state index >= 15 is 0 Å². The monoisotopic (exact) mass is 393 g/mol. The molecule has 8 heteroatoms. The Kier molecular flexibility index (Phi) is 4.61. The molecule has 2 rings (SSSR count). The highest BCUT2D eigenvalue weighted by Crippen LogP contribution is 2.37. The first kappa shape index (κ1) is 15.9. The van der Waals surface area contributed by atoms with Crippen LogP contribution in [0, 0.1) is 5.82 Å². The normalized spacial score (nSPS) is 10.5. The van der Waals surface area contributed by atoms with Gasteiger partial charge in [0.15, 0.2) is 11.6 Å². The van der Waals surface area contributed by atoms with Crippen molar-refractivity contribution < 1.29 is 19.0 Å². The summed E-state index contributed by atoms with van der Waals surface area (Å²) in [5.41, 5.74) is 4.95. The topological polar surface area (TPSA) is 72.5 Å². The SMILES string of the molecule is Nc1cc(F)c(Oc2cc(Cl)c(Br)cc2Cl)cc1C(=O)O. The van der Waals surface area contributed by atoms with Gasteiger partial charge in [-0.2, -0.15) is 0 Å². The number of carbonyl (C=O) groups is 1. The van der Waals surface area contributed by atoms with Crippen LogP contribution in [0.15, 0.2) is 28.7 Å². The molecule has 0 bridgehead atoms. The number of hydrogen-bond donors (Lipinski definition) is 2. The second-order valence-corrected chi connectivity index (χ2v) is 5.64. The Morgan fingerprint density at radius 2 is 1.86 bits per heavy atom. The van der Waals surface area contributed by atoms with Crippen LogP contribution in [0.4, 0.5) is 10.1 Å². The van der Waals surface area contributed by atoms with Crippen molar-refractivity contribution in [3.8, 4) is 11.5 Å². The lowest BCUT2D eigenvalue weighted by Gasteiger charge is -2.11. The highest BCUT2D eigenvalue weighted by atomic mass is 79.9. The number of benzene rings is 2. The van der Waals surface area contributed by atoms with Gasteiger partial charge in [0.05, 0.1) is 15.6 Å². The first-order valence-corrected chi connectivity index (χ1v) is 6.99. The lowest BCUT2D eigenvalue weighted by atomic mass is 10.1. The molecule has 0 spiro atoms. The molecule has 0 unspecified atom stereocenters.